The topological polar surface area (TPSA) is 106 Å². The SMILES string of the molecule is COCC(=O)N[C@@H](Cc1cccc(-c2nccs2)c1)[C@H](O)CNC1=CC2(CCC2)Oc2ncc(CC(C)(C)F)cc21. The van der Waals surface area contributed by atoms with Gasteiger partial charge >= 0.3 is 0 Å². The zero-order valence-electron chi connectivity index (χ0n) is 23.7. The molecule has 0 saturated heterocycles. The fourth-order valence-electron chi connectivity index (χ4n) is 5.30. The number of hydrogen-bond donors (Lipinski definition) is 3. The third-order valence-electron chi connectivity index (χ3n) is 7.38. The van der Waals surface area contributed by atoms with Crippen LogP contribution in [0.2, 0.25) is 0 Å². The number of nitrogens with zero attached hydrogens (tertiary/aromatic N) is 2. The Hall–Kier alpha value is -3.34. The number of halogens is 1. The van der Waals surface area contributed by atoms with Gasteiger partial charge in [-0.3, -0.25) is 4.79 Å². The van der Waals surface area contributed by atoms with Crippen LogP contribution in [0.15, 0.2) is 54.2 Å². The molecule has 3 N–H and O–H groups in total. The number of carbonyl (C=O) groups is 1. The molecule has 0 unspecified atom stereocenters. The number of hydrogen-bond acceptors (Lipinski definition) is 8. The summed E-state index contributed by atoms with van der Waals surface area (Å²) in [6, 6.07) is 9.29. The van der Waals surface area contributed by atoms with E-state index in [0.717, 1.165) is 52.2 Å². The minimum Gasteiger partial charge on any atom is -0.466 e. The summed E-state index contributed by atoms with van der Waals surface area (Å²) in [5, 5.41) is 20.6. The van der Waals surface area contributed by atoms with E-state index in [0.29, 0.717) is 12.3 Å². The molecule has 1 amide bonds. The Morgan fingerprint density at radius 1 is 1.27 bits per heavy atom. The Labute approximate surface area is 244 Å². The normalized spacial score (nSPS) is 17.0. The summed E-state index contributed by atoms with van der Waals surface area (Å²) in [4.78, 5) is 21.4. The summed E-state index contributed by atoms with van der Waals surface area (Å²) < 4.78 is 25.7. The lowest BCUT2D eigenvalue weighted by molar-refractivity contribution is -0.126. The molecular weight excluding hydrogens is 543 g/mol. The lowest BCUT2D eigenvalue weighted by Gasteiger charge is -2.43. The van der Waals surface area contributed by atoms with E-state index in [-0.39, 0.29) is 25.5 Å². The first-order chi connectivity index (χ1) is 19.6. The number of carbonyl (C=O) groups excluding carboxylic acids is 1. The third kappa shape index (κ3) is 7.30. The van der Waals surface area contributed by atoms with Crippen molar-refractivity contribution in [2.24, 2.45) is 0 Å². The van der Waals surface area contributed by atoms with Crippen LogP contribution in [0.4, 0.5) is 4.39 Å². The molecule has 8 nitrogen and oxygen atoms in total. The number of aliphatic hydroxyl groups is 1. The van der Waals surface area contributed by atoms with E-state index in [1.54, 1.807) is 37.6 Å². The molecule has 3 aromatic rings. The Morgan fingerprint density at radius 3 is 2.78 bits per heavy atom. The molecule has 2 aromatic heterocycles. The molecule has 0 radical (unpaired) electrons. The Bertz CT molecular complexity index is 1390. The van der Waals surface area contributed by atoms with Gasteiger partial charge in [0.1, 0.15) is 22.9 Å². The molecule has 5 rings (SSSR count). The van der Waals surface area contributed by atoms with Crippen LogP contribution >= 0.6 is 11.3 Å². The smallest absolute Gasteiger partial charge is 0.246 e. The predicted octanol–water partition coefficient (Wildman–Crippen LogP) is 4.48. The fraction of sp³-hybridized carbons (Fsp3) is 0.452. The van der Waals surface area contributed by atoms with Gasteiger partial charge < -0.3 is 25.2 Å². The number of amides is 1. The molecule has 41 heavy (non-hydrogen) atoms. The van der Waals surface area contributed by atoms with E-state index in [1.165, 1.54) is 7.11 Å². The van der Waals surface area contributed by atoms with Crippen LogP contribution in [0.25, 0.3) is 16.3 Å². The second-order valence-electron chi connectivity index (χ2n) is 11.5. The number of alkyl halides is 1. The van der Waals surface area contributed by atoms with Gasteiger partial charge in [-0.15, -0.1) is 11.3 Å². The van der Waals surface area contributed by atoms with E-state index in [4.69, 9.17) is 9.47 Å². The second-order valence-corrected chi connectivity index (χ2v) is 12.4. The van der Waals surface area contributed by atoms with Crippen LogP contribution in [-0.4, -0.2) is 64.7 Å². The molecule has 3 heterocycles. The number of aliphatic hydroxyl groups excluding tert-OH is 1. The number of rotatable bonds is 12. The van der Waals surface area contributed by atoms with Crippen molar-refractivity contribution in [3.8, 4) is 16.5 Å². The van der Waals surface area contributed by atoms with Crippen molar-refractivity contribution in [1.29, 1.82) is 0 Å². The number of fused-ring (bicyclic) bond motifs is 1. The van der Waals surface area contributed by atoms with Crippen LogP contribution in [0.5, 0.6) is 5.88 Å². The number of nitrogens with one attached hydrogen (secondary N) is 2. The van der Waals surface area contributed by atoms with Crippen LogP contribution in [0, 0.1) is 0 Å². The summed E-state index contributed by atoms with van der Waals surface area (Å²) in [5.74, 6) is 0.202. The van der Waals surface area contributed by atoms with Crippen molar-refractivity contribution >= 4 is 22.9 Å². The summed E-state index contributed by atoms with van der Waals surface area (Å²) in [6.07, 6.45) is 8.04. The second kappa shape index (κ2) is 12.3. The summed E-state index contributed by atoms with van der Waals surface area (Å²) >= 11 is 1.56. The summed E-state index contributed by atoms with van der Waals surface area (Å²) in [5.41, 5.74) is 2.46. The number of benzene rings is 1. The summed E-state index contributed by atoms with van der Waals surface area (Å²) in [6.45, 7) is 3.16. The van der Waals surface area contributed by atoms with Gasteiger partial charge in [0.15, 0.2) is 0 Å². The zero-order chi connectivity index (χ0) is 29.0. The van der Waals surface area contributed by atoms with E-state index >= 15 is 0 Å². The van der Waals surface area contributed by atoms with Gasteiger partial charge in [0.05, 0.1) is 17.7 Å². The minimum atomic E-state index is -1.38. The van der Waals surface area contributed by atoms with Crippen molar-refractivity contribution in [3.63, 3.8) is 0 Å². The highest BCUT2D eigenvalue weighted by atomic mass is 32.1. The van der Waals surface area contributed by atoms with Crippen molar-refractivity contribution in [2.75, 3.05) is 20.3 Å². The fourth-order valence-corrected chi connectivity index (χ4v) is 5.94. The number of ether oxygens (including phenoxy) is 2. The average molecular weight is 581 g/mol. The molecule has 1 fully saturated rings. The third-order valence-corrected chi connectivity index (χ3v) is 8.20. The highest BCUT2D eigenvalue weighted by Gasteiger charge is 2.42. The zero-order valence-corrected chi connectivity index (χ0v) is 24.5. The molecule has 1 aromatic carbocycles. The van der Waals surface area contributed by atoms with Crippen molar-refractivity contribution in [1.82, 2.24) is 20.6 Å². The highest BCUT2D eigenvalue weighted by molar-refractivity contribution is 7.13. The number of thiazole rings is 1. The number of pyridine rings is 1. The quantitative estimate of drug-likeness (QED) is 0.290. The Balaban J connectivity index is 1.35. The molecule has 2 atom stereocenters. The molecule has 1 aliphatic carbocycles. The van der Waals surface area contributed by atoms with Gasteiger partial charge in [-0.25, -0.2) is 14.4 Å². The maximum absolute atomic E-state index is 14.4. The van der Waals surface area contributed by atoms with E-state index in [9.17, 15) is 14.3 Å². The molecule has 2 aliphatic rings. The lowest BCUT2D eigenvalue weighted by Crippen LogP contribution is -2.50. The predicted molar refractivity (Wildman–Crippen MR) is 157 cm³/mol. The van der Waals surface area contributed by atoms with Crippen molar-refractivity contribution in [2.45, 2.75) is 69.4 Å². The largest absolute Gasteiger partial charge is 0.466 e. The van der Waals surface area contributed by atoms with Crippen molar-refractivity contribution < 1.29 is 23.8 Å². The van der Waals surface area contributed by atoms with E-state index in [2.05, 4.69) is 26.7 Å². The standard InChI is InChI=1S/C31H37FN4O4S/c1-30(2,32)15-21-13-23-25(16-31(8-5-9-31)40-28(23)35-17-21)34-18-26(37)24(36-27(38)19-39-3)14-20-6-4-7-22(12-20)29-33-10-11-41-29/h4,6-7,10-13,16-17,24,26,34,37H,5,8-9,14-15,18-19H2,1-3H3,(H,36,38)/t24-,26+/m0/s1. The highest BCUT2D eigenvalue weighted by Crippen LogP contribution is 2.44. The van der Waals surface area contributed by atoms with Crippen LogP contribution in [0.3, 0.4) is 0 Å². The Kier molecular flexibility index (Phi) is 8.72. The van der Waals surface area contributed by atoms with Gasteiger partial charge in [-0.05, 0) is 68.9 Å². The molecule has 1 saturated carbocycles. The van der Waals surface area contributed by atoms with Crippen LogP contribution < -0.4 is 15.4 Å². The minimum absolute atomic E-state index is 0.104. The maximum atomic E-state index is 14.4. The van der Waals surface area contributed by atoms with Gasteiger partial charge in [0.25, 0.3) is 0 Å². The first-order valence-electron chi connectivity index (χ1n) is 13.9. The van der Waals surface area contributed by atoms with E-state index in [1.807, 2.05) is 35.7 Å². The molecule has 218 valence electrons. The molecule has 1 aliphatic heterocycles. The molecule has 1 spiro atoms. The molecule has 0 bridgehead atoms. The van der Waals surface area contributed by atoms with Gasteiger partial charge in [-0.2, -0.15) is 0 Å². The maximum Gasteiger partial charge on any atom is 0.246 e. The number of methoxy groups -OCH3 is 1. The van der Waals surface area contributed by atoms with Gasteiger partial charge in [0.2, 0.25) is 11.8 Å². The van der Waals surface area contributed by atoms with Crippen molar-refractivity contribution in [3.05, 3.63) is 70.9 Å². The monoisotopic (exact) mass is 580 g/mol. The first-order valence-corrected chi connectivity index (χ1v) is 14.8. The summed E-state index contributed by atoms with van der Waals surface area (Å²) in [7, 11) is 1.46. The number of aromatic nitrogens is 2. The van der Waals surface area contributed by atoms with E-state index < -0.39 is 23.4 Å². The van der Waals surface area contributed by atoms with Gasteiger partial charge in [0, 0.05) is 49.1 Å². The van der Waals surface area contributed by atoms with Crippen LogP contribution in [-0.2, 0) is 22.4 Å². The Morgan fingerprint density at radius 2 is 2.10 bits per heavy atom. The van der Waals surface area contributed by atoms with Gasteiger partial charge in [-0.1, -0.05) is 18.2 Å². The molecular formula is C31H37FN4O4S. The van der Waals surface area contributed by atoms with Crippen LogP contribution in [0.1, 0.15) is 49.8 Å². The first kappa shape index (κ1) is 29.2. The average Bonchev–Trinajstić information content (AvgIpc) is 3.45. The molecule has 10 heteroatoms. The lowest BCUT2D eigenvalue weighted by atomic mass is 9.77.